The highest BCUT2D eigenvalue weighted by atomic mass is 19.1. The van der Waals surface area contributed by atoms with E-state index in [9.17, 15) is 13.6 Å². The molecule has 1 fully saturated rings. The first-order valence-electron chi connectivity index (χ1n) is 8.75. The largest absolute Gasteiger partial charge is 0.295 e. The molecule has 0 aliphatic carbocycles. The van der Waals surface area contributed by atoms with Crippen LogP contribution in [0.15, 0.2) is 59.7 Å². The van der Waals surface area contributed by atoms with E-state index >= 15 is 0 Å². The third kappa shape index (κ3) is 4.14. The average Bonchev–Trinajstić information content (AvgIpc) is 2.63. The summed E-state index contributed by atoms with van der Waals surface area (Å²) in [5, 5.41) is 0. The van der Waals surface area contributed by atoms with Gasteiger partial charge in [-0.25, -0.2) is 8.78 Å². The molecule has 134 valence electrons. The van der Waals surface area contributed by atoms with Crippen molar-refractivity contribution in [3.63, 3.8) is 0 Å². The highest BCUT2D eigenvalue weighted by molar-refractivity contribution is 6.14. The van der Waals surface area contributed by atoms with Gasteiger partial charge >= 0.3 is 0 Å². The lowest BCUT2D eigenvalue weighted by Gasteiger charge is -2.29. The Balaban J connectivity index is 1.99. The van der Waals surface area contributed by atoms with Gasteiger partial charge in [0, 0.05) is 35.4 Å². The van der Waals surface area contributed by atoms with Crippen LogP contribution in [0, 0.1) is 11.6 Å². The fourth-order valence-electron chi connectivity index (χ4n) is 3.14. The van der Waals surface area contributed by atoms with Crippen LogP contribution in [0.1, 0.15) is 24.5 Å². The van der Waals surface area contributed by atoms with Crippen LogP contribution in [0.25, 0.3) is 12.2 Å². The lowest BCUT2D eigenvalue weighted by molar-refractivity contribution is -0.113. The lowest BCUT2D eigenvalue weighted by atomic mass is 9.94. The molecule has 2 aromatic rings. The van der Waals surface area contributed by atoms with E-state index in [1.807, 2.05) is 0 Å². The van der Waals surface area contributed by atoms with Crippen LogP contribution < -0.4 is 0 Å². The van der Waals surface area contributed by atoms with Crippen LogP contribution in [0.5, 0.6) is 0 Å². The molecule has 0 aromatic heterocycles. The smallest absolute Gasteiger partial charge is 0.187 e. The van der Waals surface area contributed by atoms with Gasteiger partial charge in [-0.1, -0.05) is 43.3 Å². The number of hydrogen-bond donors (Lipinski definition) is 0. The van der Waals surface area contributed by atoms with Crippen LogP contribution in [-0.4, -0.2) is 30.3 Å². The first-order valence-corrected chi connectivity index (χ1v) is 8.75. The van der Waals surface area contributed by atoms with Gasteiger partial charge in [-0.05, 0) is 37.3 Å². The van der Waals surface area contributed by atoms with Crippen molar-refractivity contribution >= 4 is 17.9 Å². The van der Waals surface area contributed by atoms with Gasteiger partial charge in [0.25, 0.3) is 0 Å². The minimum Gasteiger partial charge on any atom is -0.295 e. The average molecular weight is 353 g/mol. The Bertz CT molecular complexity index is 802. The van der Waals surface area contributed by atoms with Crippen molar-refractivity contribution in [2.24, 2.45) is 0 Å². The van der Waals surface area contributed by atoms with E-state index < -0.39 is 0 Å². The van der Waals surface area contributed by atoms with Crippen LogP contribution >= 0.6 is 0 Å². The summed E-state index contributed by atoms with van der Waals surface area (Å²) < 4.78 is 28.0. The molecule has 0 unspecified atom stereocenters. The van der Waals surface area contributed by atoms with Crippen molar-refractivity contribution in [3.05, 3.63) is 82.4 Å². The number of likely N-dealkylation sites (tertiary alicyclic amines) is 1. The van der Waals surface area contributed by atoms with Crippen molar-refractivity contribution in [2.45, 2.75) is 13.3 Å². The minimum absolute atomic E-state index is 0.149. The Labute approximate surface area is 152 Å². The number of piperidine rings is 1. The summed E-state index contributed by atoms with van der Waals surface area (Å²) in [6, 6.07) is 12.8. The maximum Gasteiger partial charge on any atom is 0.187 e. The summed E-state index contributed by atoms with van der Waals surface area (Å²) in [5.74, 6) is -0.871. The third-order valence-electron chi connectivity index (χ3n) is 4.38. The van der Waals surface area contributed by atoms with Gasteiger partial charge in [-0.2, -0.15) is 0 Å². The first kappa shape index (κ1) is 18.2. The Morgan fingerprint density at radius 3 is 1.77 bits per heavy atom. The Morgan fingerprint density at radius 2 is 1.35 bits per heavy atom. The maximum atomic E-state index is 14.0. The SMILES string of the molecule is CCCN1C/C(=C/c2ccccc2F)C(=O)/C(=C\c2ccccc2F)C1. The molecule has 1 saturated heterocycles. The van der Waals surface area contributed by atoms with Gasteiger partial charge < -0.3 is 0 Å². The van der Waals surface area contributed by atoms with Crippen molar-refractivity contribution in [2.75, 3.05) is 19.6 Å². The summed E-state index contributed by atoms with van der Waals surface area (Å²) in [7, 11) is 0. The van der Waals surface area contributed by atoms with Crippen LogP contribution in [0.4, 0.5) is 8.78 Å². The molecule has 1 aliphatic heterocycles. The molecular formula is C22H21F2NO. The normalized spacial score (nSPS) is 18.7. The fourth-order valence-corrected chi connectivity index (χ4v) is 3.14. The van der Waals surface area contributed by atoms with Gasteiger partial charge in [-0.15, -0.1) is 0 Å². The van der Waals surface area contributed by atoms with Crippen LogP contribution in [0.3, 0.4) is 0 Å². The zero-order valence-electron chi connectivity index (χ0n) is 14.7. The van der Waals surface area contributed by atoms with Gasteiger partial charge in [0.1, 0.15) is 11.6 Å². The summed E-state index contributed by atoms with van der Waals surface area (Å²) in [6.07, 6.45) is 4.15. The summed E-state index contributed by atoms with van der Waals surface area (Å²) in [6.45, 7) is 3.82. The van der Waals surface area contributed by atoms with Gasteiger partial charge in [0.15, 0.2) is 5.78 Å². The number of nitrogens with zero attached hydrogens (tertiary/aromatic N) is 1. The molecule has 4 heteroatoms. The van der Waals surface area contributed by atoms with Crippen LogP contribution in [-0.2, 0) is 4.79 Å². The van der Waals surface area contributed by atoms with Crippen molar-refractivity contribution in [1.82, 2.24) is 4.90 Å². The van der Waals surface area contributed by atoms with Crippen LogP contribution in [0.2, 0.25) is 0 Å². The molecule has 1 heterocycles. The summed E-state index contributed by atoms with van der Waals surface area (Å²) in [5.41, 5.74) is 1.83. The van der Waals surface area contributed by atoms with E-state index in [0.717, 1.165) is 13.0 Å². The topological polar surface area (TPSA) is 20.3 Å². The number of benzene rings is 2. The number of halogens is 2. The number of carbonyl (C=O) groups is 1. The van der Waals surface area contributed by atoms with Gasteiger partial charge in [0.05, 0.1) is 0 Å². The predicted octanol–water partition coefficient (Wildman–Crippen LogP) is 4.73. The highest BCUT2D eigenvalue weighted by Gasteiger charge is 2.26. The van der Waals surface area contributed by atoms with Crippen molar-refractivity contribution in [3.8, 4) is 0 Å². The Hall–Kier alpha value is -2.59. The van der Waals surface area contributed by atoms with E-state index in [-0.39, 0.29) is 17.4 Å². The first-order chi connectivity index (χ1) is 12.6. The number of hydrogen-bond acceptors (Lipinski definition) is 2. The quantitative estimate of drug-likeness (QED) is 0.741. The molecule has 2 nitrogen and oxygen atoms in total. The van der Waals surface area contributed by atoms with Gasteiger partial charge in [0.2, 0.25) is 0 Å². The second-order valence-corrected chi connectivity index (χ2v) is 6.42. The second kappa shape index (κ2) is 8.19. The molecule has 1 aliphatic rings. The van der Waals surface area contributed by atoms with E-state index in [0.29, 0.717) is 35.4 Å². The molecule has 0 atom stereocenters. The van der Waals surface area contributed by atoms with Gasteiger partial charge in [-0.3, -0.25) is 9.69 Å². The molecule has 0 radical (unpaired) electrons. The predicted molar refractivity (Wildman–Crippen MR) is 100 cm³/mol. The summed E-state index contributed by atoms with van der Waals surface area (Å²) >= 11 is 0. The van der Waals surface area contributed by atoms with E-state index in [4.69, 9.17) is 0 Å². The molecule has 0 spiro atoms. The lowest BCUT2D eigenvalue weighted by Crippen LogP contribution is -2.38. The van der Waals surface area contributed by atoms with Crippen molar-refractivity contribution < 1.29 is 13.6 Å². The Kier molecular flexibility index (Phi) is 5.74. The molecule has 3 rings (SSSR count). The highest BCUT2D eigenvalue weighted by Crippen LogP contribution is 2.23. The Morgan fingerprint density at radius 1 is 0.885 bits per heavy atom. The monoisotopic (exact) mass is 353 g/mol. The van der Waals surface area contributed by atoms with Crippen molar-refractivity contribution in [1.29, 1.82) is 0 Å². The molecule has 2 aromatic carbocycles. The molecular weight excluding hydrogens is 332 g/mol. The number of ketones is 1. The maximum absolute atomic E-state index is 14.0. The zero-order valence-corrected chi connectivity index (χ0v) is 14.7. The minimum atomic E-state index is -0.361. The molecule has 0 amide bonds. The van der Waals surface area contributed by atoms with E-state index in [2.05, 4.69) is 11.8 Å². The third-order valence-corrected chi connectivity index (χ3v) is 4.38. The summed E-state index contributed by atoms with van der Waals surface area (Å²) in [4.78, 5) is 15.0. The molecule has 0 N–H and O–H groups in total. The molecule has 0 bridgehead atoms. The molecule has 26 heavy (non-hydrogen) atoms. The fraction of sp³-hybridized carbons (Fsp3) is 0.227. The van der Waals surface area contributed by atoms with E-state index in [1.165, 1.54) is 12.1 Å². The standard InChI is InChI=1S/C22H21F2NO/c1-2-11-25-14-18(12-16-7-3-5-9-20(16)23)22(26)19(15-25)13-17-8-4-6-10-21(17)24/h3-10,12-13H,2,11,14-15H2,1H3/b18-12-,19-13-. The molecule has 0 saturated carbocycles. The number of Topliss-reactive ketones (excluding diaryl/α,β-unsaturated/α-hetero) is 1. The second-order valence-electron chi connectivity index (χ2n) is 6.42. The number of rotatable bonds is 4. The zero-order chi connectivity index (χ0) is 18.5. The number of carbonyl (C=O) groups excluding carboxylic acids is 1. The van der Waals surface area contributed by atoms with E-state index in [1.54, 1.807) is 48.6 Å².